The Bertz CT molecular complexity index is 906. The Hall–Kier alpha value is -2.34. The number of carbonyl (C=O) groups excluding carboxylic acids is 1. The lowest BCUT2D eigenvalue weighted by Gasteiger charge is -2.13. The van der Waals surface area contributed by atoms with Gasteiger partial charge in [0.15, 0.2) is 5.16 Å². The average molecular weight is 412 g/mol. The van der Waals surface area contributed by atoms with Crippen LogP contribution in [0.15, 0.2) is 51.9 Å². The zero-order valence-electron chi connectivity index (χ0n) is 17.0. The SMILES string of the molecule is Cc1nc(SCc2ccccc2)[nH]c(=O)c1CCC(=O)NCCC1=CCCCC1. The Morgan fingerprint density at radius 1 is 1.21 bits per heavy atom. The standard InChI is InChI=1S/C23H29N3O2S/c1-17-20(12-13-21(27)24-15-14-18-8-4-2-5-9-18)22(28)26-23(25-17)29-16-19-10-6-3-7-11-19/h3,6-8,10-11H,2,4-5,9,12-16H2,1H3,(H,24,27)(H,25,26,28). The number of nitrogens with one attached hydrogen (secondary N) is 2. The first kappa shape index (κ1) is 21.4. The molecule has 29 heavy (non-hydrogen) atoms. The summed E-state index contributed by atoms with van der Waals surface area (Å²) in [5, 5.41) is 3.59. The van der Waals surface area contributed by atoms with Crippen LogP contribution < -0.4 is 10.9 Å². The number of thioether (sulfide) groups is 1. The smallest absolute Gasteiger partial charge is 0.254 e. The number of H-pyrrole nitrogens is 1. The monoisotopic (exact) mass is 411 g/mol. The highest BCUT2D eigenvalue weighted by Crippen LogP contribution is 2.20. The van der Waals surface area contributed by atoms with E-state index in [0.717, 1.165) is 25.0 Å². The second-order valence-corrected chi connectivity index (χ2v) is 8.38. The predicted molar refractivity (Wildman–Crippen MR) is 118 cm³/mol. The molecule has 0 radical (unpaired) electrons. The lowest BCUT2D eigenvalue weighted by molar-refractivity contribution is -0.121. The first-order valence-electron chi connectivity index (χ1n) is 10.3. The van der Waals surface area contributed by atoms with Crippen LogP contribution in [-0.4, -0.2) is 22.4 Å². The number of allylic oxidation sites excluding steroid dienone is 1. The second kappa shape index (κ2) is 11.0. The molecular weight excluding hydrogens is 382 g/mol. The lowest BCUT2D eigenvalue weighted by atomic mass is 9.97. The first-order valence-corrected chi connectivity index (χ1v) is 11.3. The number of hydrogen-bond acceptors (Lipinski definition) is 4. The molecule has 5 nitrogen and oxygen atoms in total. The van der Waals surface area contributed by atoms with Crippen LogP contribution >= 0.6 is 11.8 Å². The van der Waals surface area contributed by atoms with Crippen LogP contribution in [0.5, 0.6) is 0 Å². The van der Waals surface area contributed by atoms with E-state index in [-0.39, 0.29) is 11.5 Å². The summed E-state index contributed by atoms with van der Waals surface area (Å²) in [6.45, 7) is 2.51. The minimum atomic E-state index is -0.145. The molecule has 1 amide bonds. The van der Waals surface area contributed by atoms with Crippen molar-refractivity contribution in [3.63, 3.8) is 0 Å². The molecule has 1 aromatic carbocycles. The molecule has 0 saturated carbocycles. The molecule has 2 N–H and O–H groups in total. The van der Waals surface area contributed by atoms with Crippen LogP contribution in [0.2, 0.25) is 0 Å². The molecule has 0 unspecified atom stereocenters. The highest BCUT2D eigenvalue weighted by atomic mass is 32.2. The Kier molecular flexibility index (Phi) is 8.11. The number of rotatable bonds is 9. The third kappa shape index (κ3) is 6.89. The third-order valence-corrected chi connectivity index (χ3v) is 6.12. The van der Waals surface area contributed by atoms with Gasteiger partial charge in [-0.2, -0.15) is 0 Å². The quantitative estimate of drug-likeness (QED) is 0.366. The summed E-state index contributed by atoms with van der Waals surface area (Å²) in [4.78, 5) is 32.0. The summed E-state index contributed by atoms with van der Waals surface area (Å²) in [5.41, 5.74) is 3.79. The maximum atomic E-state index is 12.5. The molecule has 0 aliphatic heterocycles. The van der Waals surface area contributed by atoms with E-state index in [9.17, 15) is 9.59 Å². The van der Waals surface area contributed by atoms with Gasteiger partial charge in [-0.3, -0.25) is 9.59 Å². The van der Waals surface area contributed by atoms with Crippen molar-refractivity contribution < 1.29 is 4.79 Å². The zero-order chi connectivity index (χ0) is 20.5. The first-order chi connectivity index (χ1) is 14.1. The van der Waals surface area contributed by atoms with E-state index in [1.165, 1.54) is 35.7 Å². The normalized spacial score (nSPS) is 13.8. The summed E-state index contributed by atoms with van der Waals surface area (Å²) in [6, 6.07) is 10.1. The average Bonchev–Trinajstić information content (AvgIpc) is 2.73. The Morgan fingerprint density at radius 2 is 2.03 bits per heavy atom. The minimum Gasteiger partial charge on any atom is -0.356 e. The molecule has 1 heterocycles. The van der Waals surface area contributed by atoms with Gasteiger partial charge < -0.3 is 10.3 Å². The van der Waals surface area contributed by atoms with Crippen LogP contribution in [0, 0.1) is 6.92 Å². The van der Waals surface area contributed by atoms with Gasteiger partial charge in [0.2, 0.25) is 5.91 Å². The number of benzene rings is 1. The second-order valence-electron chi connectivity index (χ2n) is 7.42. The molecule has 1 aliphatic rings. The summed E-state index contributed by atoms with van der Waals surface area (Å²) < 4.78 is 0. The zero-order valence-corrected chi connectivity index (χ0v) is 17.8. The van der Waals surface area contributed by atoms with Gasteiger partial charge in [-0.15, -0.1) is 0 Å². The number of aromatic amines is 1. The Labute approximate surface area is 176 Å². The van der Waals surface area contributed by atoms with E-state index >= 15 is 0 Å². The summed E-state index contributed by atoms with van der Waals surface area (Å²) in [7, 11) is 0. The van der Waals surface area contributed by atoms with Crippen LogP contribution in [-0.2, 0) is 17.0 Å². The van der Waals surface area contributed by atoms with Crippen molar-refractivity contribution in [3.8, 4) is 0 Å². The fourth-order valence-electron chi connectivity index (χ4n) is 3.49. The molecular formula is C23H29N3O2S. The van der Waals surface area contributed by atoms with E-state index in [1.54, 1.807) is 0 Å². The summed E-state index contributed by atoms with van der Waals surface area (Å²) in [6.07, 6.45) is 8.81. The number of nitrogens with zero attached hydrogens (tertiary/aromatic N) is 1. The molecule has 0 saturated heterocycles. The van der Waals surface area contributed by atoms with E-state index in [0.29, 0.717) is 35.8 Å². The third-order valence-electron chi connectivity index (χ3n) is 5.17. The maximum Gasteiger partial charge on any atom is 0.254 e. The van der Waals surface area contributed by atoms with Crippen molar-refractivity contribution in [1.29, 1.82) is 0 Å². The lowest BCUT2D eigenvalue weighted by Crippen LogP contribution is -2.26. The van der Waals surface area contributed by atoms with Gasteiger partial charge in [0.25, 0.3) is 5.56 Å². The molecule has 3 rings (SSSR count). The predicted octanol–water partition coefficient (Wildman–Crippen LogP) is 4.31. The van der Waals surface area contributed by atoms with Gasteiger partial charge in [-0.05, 0) is 51.0 Å². The minimum absolute atomic E-state index is 0.0114. The van der Waals surface area contributed by atoms with Crippen molar-refractivity contribution in [1.82, 2.24) is 15.3 Å². The number of aromatic nitrogens is 2. The van der Waals surface area contributed by atoms with Crippen molar-refractivity contribution in [3.05, 3.63) is 69.2 Å². The number of aryl methyl sites for hydroxylation is 1. The van der Waals surface area contributed by atoms with Crippen molar-refractivity contribution in [2.24, 2.45) is 0 Å². The molecule has 154 valence electrons. The number of carbonyl (C=O) groups is 1. The van der Waals surface area contributed by atoms with E-state index in [4.69, 9.17) is 0 Å². The van der Waals surface area contributed by atoms with Gasteiger partial charge in [0.1, 0.15) is 0 Å². The Morgan fingerprint density at radius 3 is 2.76 bits per heavy atom. The Balaban J connectivity index is 1.47. The van der Waals surface area contributed by atoms with Crippen LogP contribution in [0.4, 0.5) is 0 Å². The van der Waals surface area contributed by atoms with E-state index in [1.807, 2.05) is 25.1 Å². The molecule has 0 bridgehead atoms. The van der Waals surface area contributed by atoms with Gasteiger partial charge in [0, 0.05) is 30.0 Å². The van der Waals surface area contributed by atoms with Gasteiger partial charge in [0.05, 0.1) is 0 Å². The van der Waals surface area contributed by atoms with Crippen LogP contribution in [0.25, 0.3) is 0 Å². The fraction of sp³-hybridized carbons (Fsp3) is 0.435. The number of hydrogen-bond donors (Lipinski definition) is 2. The largest absolute Gasteiger partial charge is 0.356 e. The molecule has 1 aliphatic carbocycles. The number of amides is 1. The molecule has 1 aromatic heterocycles. The highest BCUT2D eigenvalue weighted by Gasteiger charge is 2.11. The van der Waals surface area contributed by atoms with Gasteiger partial charge >= 0.3 is 0 Å². The summed E-state index contributed by atoms with van der Waals surface area (Å²) in [5.74, 6) is 0.740. The molecule has 2 aromatic rings. The molecule has 6 heteroatoms. The van der Waals surface area contributed by atoms with E-state index < -0.39 is 0 Å². The van der Waals surface area contributed by atoms with Crippen molar-refractivity contribution >= 4 is 17.7 Å². The van der Waals surface area contributed by atoms with E-state index in [2.05, 4.69) is 33.5 Å². The van der Waals surface area contributed by atoms with Crippen molar-refractivity contribution in [2.45, 2.75) is 62.8 Å². The maximum absolute atomic E-state index is 12.5. The summed E-state index contributed by atoms with van der Waals surface area (Å²) >= 11 is 1.51. The van der Waals surface area contributed by atoms with Gasteiger partial charge in [-0.25, -0.2) is 4.98 Å². The molecule has 0 spiro atoms. The van der Waals surface area contributed by atoms with Crippen LogP contribution in [0.1, 0.15) is 55.3 Å². The van der Waals surface area contributed by atoms with Crippen LogP contribution in [0.3, 0.4) is 0 Å². The molecule has 0 atom stereocenters. The van der Waals surface area contributed by atoms with Gasteiger partial charge in [-0.1, -0.05) is 53.7 Å². The topological polar surface area (TPSA) is 74.8 Å². The highest BCUT2D eigenvalue weighted by molar-refractivity contribution is 7.98. The fourth-order valence-corrected chi connectivity index (χ4v) is 4.36. The van der Waals surface area contributed by atoms with Crippen molar-refractivity contribution in [2.75, 3.05) is 6.54 Å². The molecule has 0 fully saturated rings.